The van der Waals surface area contributed by atoms with Gasteiger partial charge in [-0.25, -0.2) is 13.4 Å². The molecule has 9 heteroatoms. The number of amides is 1. The molecule has 0 saturated carbocycles. The number of benzene rings is 2. The molecule has 0 aliphatic heterocycles. The predicted molar refractivity (Wildman–Crippen MR) is 106 cm³/mol. The number of nitrogens with one attached hydrogen (secondary N) is 2. The molecule has 0 spiro atoms. The summed E-state index contributed by atoms with van der Waals surface area (Å²) >= 11 is 4.33. The van der Waals surface area contributed by atoms with Crippen LogP contribution in [-0.2, 0) is 10.0 Å². The summed E-state index contributed by atoms with van der Waals surface area (Å²) in [5.74, 6) is -0.344. The normalized spacial score (nSPS) is 11.2. The third kappa shape index (κ3) is 4.29. The Labute approximate surface area is 163 Å². The van der Waals surface area contributed by atoms with Crippen LogP contribution in [0.25, 0.3) is 0 Å². The molecule has 2 N–H and O–H groups in total. The van der Waals surface area contributed by atoms with Gasteiger partial charge in [0.2, 0.25) is 0 Å². The fourth-order valence-electron chi connectivity index (χ4n) is 2.18. The van der Waals surface area contributed by atoms with Crippen molar-refractivity contribution in [3.05, 3.63) is 69.6 Å². The Morgan fingerprint density at radius 3 is 2.54 bits per heavy atom. The maximum absolute atomic E-state index is 12.5. The lowest BCUT2D eigenvalue weighted by atomic mass is 10.3. The quantitative estimate of drug-likeness (QED) is 0.606. The minimum atomic E-state index is -3.75. The lowest BCUT2D eigenvalue weighted by Gasteiger charge is -2.04. The monoisotopic (exact) mass is 451 g/mol. The fourth-order valence-corrected chi connectivity index (χ4v) is 4.70. The number of rotatable bonds is 5. The number of anilines is 2. The molecule has 1 aromatic heterocycles. The maximum Gasteiger partial charge on any atom is 0.267 e. The van der Waals surface area contributed by atoms with E-state index in [9.17, 15) is 13.2 Å². The Hall–Kier alpha value is -2.23. The van der Waals surface area contributed by atoms with Crippen LogP contribution >= 0.6 is 27.3 Å². The molecule has 3 rings (SSSR count). The summed E-state index contributed by atoms with van der Waals surface area (Å²) in [4.78, 5) is 17.1. The van der Waals surface area contributed by atoms with Crippen LogP contribution in [0.3, 0.4) is 0 Å². The topological polar surface area (TPSA) is 88.2 Å². The van der Waals surface area contributed by atoms with Crippen LogP contribution in [-0.4, -0.2) is 19.3 Å². The molecule has 134 valence electrons. The summed E-state index contributed by atoms with van der Waals surface area (Å²) in [5.41, 5.74) is 1.08. The van der Waals surface area contributed by atoms with Gasteiger partial charge in [-0.15, -0.1) is 0 Å². The van der Waals surface area contributed by atoms with E-state index in [1.807, 2.05) is 6.07 Å². The van der Waals surface area contributed by atoms with Gasteiger partial charge in [-0.3, -0.25) is 9.52 Å². The molecule has 26 heavy (non-hydrogen) atoms. The van der Waals surface area contributed by atoms with E-state index in [-0.39, 0.29) is 15.9 Å². The van der Waals surface area contributed by atoms with Gasteiger partial charge in [-0.1, -0.05) is 51.5 Å². The highest BCUT2D eigenvalue weighted by Crippen LogP contribution is 2.26. The first-order valence-electron chi connectivity index (χ1n) is 7.47. The predicted octanol–water partition coefficient (Wildman–Crippen LogP) is 4.27. The lowest BCUT2D eigenvalue weighted by Crippen LogP contribution is -2.12. The number of hydrogen-bond acceptors (Lipinski definition) is 5. The lowest BCUT2D eigenvalue weighted by molar-refractivity contribution is 0.103. The Morgan fingerprint density at radius 1 is 1.12 bits per heavy atom. The third-order valence-corrected chi connectivity index (χ3v) is 6.41. The summed E-state index contributed by atoms with van der Waals surface area (Å²) in [6, 6.07) is 15.2. The number of aryl methyl sites for hydroxylation is 1. The molecule has 0 fully saturated rings. The van der Waals surface area contributed by atoms with Crippen molar-refractivity contribution in [1.82, 2.24) is 4.98 Å². The molecule has 0 saturated heterocycles. The second-order valence-corrected chi connectivity index (χ2v) is 8.91. The van der Waals surface area contributed by atoms with Gasteiger partial charge in [-0.05, 0) is 37.3 Å². The van der Waals surface area contributed by atoms with Gasteiger partial charge in [0.15, 0.2) is 5.13 Å². The molecule has 1 amide bonds. The minimum Gasteiger partial charge on any atom is -0.321 e. The Kier molecular flexibility index (Phi) is 5.40. The smallest absolute Gasteiger partial charge is 0.267 e. The van der Waals surface area contributed by atoms with Crippen molar-refractivity contribution in [2.24, 2.45) is 0 Å². The molecule has 0 atom stereocenters. The van der Waals surface area contributed by atoms with Crippen molar-refractivity contribution < 1.29 is 13.2 Å². The van der Waals surface area contributed by atoms with Crippen LogP contribution in [0, 0.1) is 6.92 Å². The second kappa shape index (κ2) is 7.56. The van der Waals surface area contributed by atoms with E-state index in [1.54, 1.807) is 43.3 Å². The molecule has 1 heterocycles. The van der Waals surface area contributed by atoms with Crippen LogP contribution < -0.4 is 10.0 Å². The number of carbonyl (C=O) groups excluding carboxylic acids is 1. The van der Waals surface area contributed by atoms with Crippen LogP contribution in [0.1, 0.15) is 15.4 Å². The minimum absolute atomic E-state index is 0.132. The first kappa shape index (κ1) is 18.6. The summed E-state index contributed by atoms with van der Waals surface area (Å²) in [5, 5.41) is 2.92. The third-order valence-electron chi connectivity index (χ3n) is 3.36. The molecular formula is C17H14BrN3O3S2. The molecule has 0 aliphatic rings. The zero-order chi connectivity index (χ0) is 18.7. The van der Waals surface area contributed by atoms with Crippen molar-refractivity contribution in [2.45, 2.75) is 11.8 Å². The van der Waals surface area contributed by atoms with Crippen molar-refractivity contribution in [2.75, 3.05) is 10.0 Å². The number of nitrogens with zero attached hydrogens (tertiary/aromatic N) is 1. The van der Waals surface area contributed by atoms with E-state index < -0.39 is 10.0 Å². The number of halogens is 1. The van der Waals surface area contributed by atoms with Crippen LogP contribution in [0.15, 0.2) is 64.0 Å². The van der Waals surface area contributed by atoms with Crippen molar-refractivity contribution in [3.8, 4) is 0 Å². The number of thiazole rings is 1. The molecule has 0 bridgehead atoms. The van der Waals surface area contributed by atoms with Gasteiger partial charge in [0.25, 0.3) is 15.9 Å². The van der Waals surface area contributed by atoms with Crippen molar-refractivity contribution in [3.63, 3.8) is 0 Å². The fraction of sp³-hybridized carbons (Fsp3) is 0.0588. The first-order chi connectivity index (χ1) is 12.3. The Morgan fingerprint density at radius 2 is 1.85 bits per heavy atom. The highest BCUT2D eigenvalue weighted by atomic mass is 79.9. The van der Waals surface area contributed by atoms with Crippen LogP contribution in [0.2, 0.25) is 0 Å². The van der Waals surface area contributed by atoms with E-state index in [1.165, 1.54) is 12.1 Å². The molecule has 2 aromatic carbocycles. The average molecular weight is 452 g/mol. The highest BCUT2D eigenvalue weighted by Gasteiger charge is 2.20. The van der Waals surface area contributed by atoms with E-state index in [0.29, 0.717) is 16.3 Å². The molecule has 0 radical (unpaired) electrons. The number of carbonyl (C=O) groups is 1. The van der Waals surface area contributed by atoms with Crippen molar-refractivity contribution >= 4 is 54.0 Å². The van der Waals surface area contributed by atoms with E-state index >= 15 is 0 Å². The molecule has 6 nitrogen and oxygen atoms in total. The standard InChI is InChI=1S/C17H14BrN3O3S2/c1-11-15(16(22)20-13-7-5-6-12(18)10-13)25-17(19-11)21-26(23,24)14-8-3-2-4-9-14/h2-10H,1H3,(H,19,21)(H,20,22). The maximum atomic E-state index is 12.5. The SMILES string of the molecule is Cc1nc(NS(=O)(=O)c2ccccc2)sc1C(=O)Nc1cccc(Br)c1. The van der Waals surface area contributed by atoms with Crippen LogP contribution in [0.5, 0.6) is 0 Å². The Bertz CT molecular complexity index is 1050. The molecular weight excluding hydrogens is 438 g/mol. The molecule has 0 unspecified atom stereocenters. The van der Waals surface area contributed by atoms with E-state index in [4.69, 9.17) is 0 Å². The van der Waals surface area contributed by atoms with Gasteiger partial charge >= 0.3 is 0 Å². The summed E-state index contributed by atoms with van der Waals surface area (Å²) in [7, 11) is -3.75. The van der Waals surface area contributed by atoms with Gasteiger partial charge in [-0.2, -0.15) is 0 Å². The largest absolute Gasteiger partial charge is 0.321 e. The van der Waals surface area contributed by atoms with Gasteiger partial charge in [0.1, 0.15) is 4.88 Å². The van der Waals surface area contributed by atoms with Gasteiger partial charge in [0, 0.05) is 10.2 Å². The number of hydrogen-bond donors (Lipinski definition) is 2. The van der Waals surface area contributed by atoms with E-state index in [0.717, 1.165) is 15.8 Å². The molecule has 3 aromatic rings. The highest BCUT2D eigenvalue weighted by molar-refractivity contribution is 9.10. The number of sulfonamides is 1. The van der Waals surface area contributed by atoms with Crippen LogP contribution in [0.4, 0.5) is 10.8 Å². The summed E-state index contributed by atoms with van der Waals surface area (Å²) in [6.07, 6.45) is 0. The zero-order valence-electron chi connectivity index (χ0n) is 13.6. The number of aromatic nitrogens is 1. The Balaban J connectivity index is 1.80. The molecule has 0 aliphatic carbocycles. The first-order valence-corrected chi connectivity index (χ1v) is 10.6. The van der Waals surface area contributed by atoms with E-state index in [2.05, 4.69) is 31.0 Å². The van der Waals surface area contributed by atoms with Gasteiger partial charge < -0.3 is 5.32 Å². The summed E-state index contributed by atoms with van der Waals surface area (Å²) in [6.45, 7) is 1.66. The summed E-state index contributed by atoms with van der Waals surface area (Å²) < 4.78 is 28.0. The second-order valence-electron chi connectivity index (χ2n) is 5.32. The van der Waals surface area contributed by atoms with Crippen molar-refractivity contribution in [1.29, 1.82) is 0 Å². The average Bonchev–Trinajstić information content (AvgIpc) is 2.95. The zero-order valence-corrected chi connectivity index (χ0v) is 16.8. The van der Waals surface area contributed by atoms with Gasteiger partial charge in [0.05, 0.1) is 10.6 Å².